The minimum atomic E-state index is -0.615. The van der Waals surface area contributed by atoms with E-state index in [-0.39, 0.29) is 11.4 Å². The highest BCUT2D eigenvalue weighted by atomic mass is 79.9. The molecule has 4 aromatic rings. The van der Waals surface area contributed by atoms with Gasteiger partial charge in [0, 0.05) is 33.8 Å². The zero-order valence-electron chi connectivity index (χ0n) is 17.4. The molecule has 2 aromatic heterocycles. The molecule has 4 rings (SSSR count). The van der Waals surface area contributed by atoms with Crippen molar-refractivity contribution in [1.29, 1.82) is 0 Å². The maximum absolute atomic E-state index is 12.2. The number of furan rings is 2. The molecule has 0 atom stereocenters. The first kappa shape index (κ1) is 22.7. The molecule has 0 saturated carbocycles. The molecule has 0 saturated heterocycles. The summed E-state index contributed by atoms with van der Waals surface area (Å²) in [7, 11) is 0. The van der Waals surface area contributed by atoms with Crippen LogP contribution in [-0.2, 0) is 4.79 Å². The molecule has 2 amide bonds. The Hall–Kier alpha value is -4.44. The molecular weight excluding hydrogens is 506 g/mol. The average molecular weight is 522 g/mol. The topological polar surface area (TPSA) is 128 Å². The van der Waals surface area contributed by atoms with Crippen LogP contribution in [0.4, 0.5) is 5.69 Å². The standard InChI is InChI=1S/C24H16BrN3O6/c25-17-6-4-15(5-7-17)20-11-12-22(34-20)24(30)27-26-23(29)13-9-19-8-10-21(33-19)16-2-1-3-18(14-16)28(31)32/h1-14H,(H,26,29)(H,27,30)/b13-9+. The second-order valence-electron chi connectivity index (χ2n) is 6.96. The summed E-state index contributed by atoms with van der Waals surface area (Å²) in [5, 5.41) is 10.9. The first-order valence-corrected chi connectivity index (χ1v) is 10.7. The zero-order chi connectivity index (χ0) is 24.1. The van der Waals surface area contributed by atoms with Crippen LogP contribution < -0.4 is 10.9 Å². The van der Waals surface area contributed by atoms with Crippen molar-refractivity contribution in [2.45, 2.75) is 0 Å². The highest BCUT2D eigenvalue weighted by Gasteiger charge is 2.13. The Labute approximate surface area is 201 Å². The van der Waals surface area contributed by atoms with Gasteiger partial charge in [0.25, 0.3) is 11.6 Å². The molecule has 0 bridgehead atoms. The Bertz CT molecular complexity index is 1390. The third kappa shape index (κ3) is 5.48. The summed E-state index contributed by atoms with van der Waals surface area (Å²) >= 11 is 3.36. The van der Waals surface area contributed by atoms with Gasteiger partial charge in [0.05, 0.1) is 4.92 Å². The maximum atomic E-state index is 12.2. The Kier molecular flexibility index (Phi) is 6.69. The van der Waals surface area contributed by atoms with E-state index in [4.69, 9.17) is 8.83 Å². The summed E-state index contributed by atoms with van der Waals surface area (Å²) in [5.41, 5.74) is 5.81. The number of halogens is 1. The number of hydrazine groups is 1. The second kappa shape index (κ2) is 10.0. The van der Waals surface area contributed by atoms with E-state index in [1.165, 1.54) is 30.4 Å². The number of nitrogens with one attached hydrogen (secondary N) is 2. The van der Waals surface area contributed by atoms with Crippen molar-refractivity contribution in [2.24, 2.45) is 0 Å². The second-order valence-corrected chi connectivity index (χ2v) is 7.87. The van der Waals surface area contributed by atoms with Gasteiger partial charge in [-0.15, -0.1) is 0 Å². The van der Waals surface area contributed by atoms with E-state index in [9.17, 15) is 19.7 Å². The van der Waals surface area contributed by atoms with Crippen LogP contribution >= 0.6 is 15.9 Å². The highest BCUT2D eigenvalue weighted by Crippen LogP contribution is 2.26. The normalized spacial score (nSPS) is 10.9. The van der Waals surface area contributed by atoms with E-state index in [1.54, 1.807) is 30.3 Å². The van der Waals surface area contributed by atoms with E-state index in [2.05, 4.69) is 26.8 Å². The number of hydrogen-bond acceptors (Lipinski definition) is 6. The number of rotatable bonds is 6. The van der Waals surface area contributed by atoms with Gasteiger partial charge in [0.15, 0.2) is 5.76 Å². The summed E-state index contributed by atoms with van der Waals surface area (Å²) in [5.74, 6) is 0.109. The number of carbonyl (C=O) groups excluding carboxylic acids is 2. The van der Waals surface area contributed by atoms with Crippen LogP contribution in [0.15, 0.2) is 92.2 Å². The molecule has 0 aliphatic rings. The number of nitro benzene ring substituents is 1. The summed E-state index contributed by atoms with van der Waals surface area (Å²) in [6.45, 7) is 0. The number of non-ortho nitro benzene ring substituents is 1. The molecule has 2 aromatic carbocycles. The molecule has 9 nitrogen and oxygen atoms in total. The van der Waals surface area contributed by atoms with E-state index in [0.717, 1.165) is 10.0 Å². The highest BCUT2D eigenvalue weighted by molar-refractivity contribution is 9.10. The number of benzene rings is 2. The summed E-state index contributed by atoms with van der Waals surface area (Å²) in [4.78, 5) is 34.7. The quantitative estimate of drug-likeness (QED) is 0.200. The van der Waals surface area contributed by atoms with Crippen molar-refractivity contribution < 1.29 is 23.3 Å². The number of amides is 2. The molecule has 2 heterocycles. The average Bonchev–Trinajstić information content (AvgIpc) is 3.52. The number of nitrogens with zero attached hydrogens (tertiary/aromatic N) is 1. The first-order chi connectivity index (χ1) is 16.4. The van der Waals surface area contributed by atoms with Gasteiger partial charge in [-0.3, -0.25) is 30.6 Å². The Morgan fingerprint density at radius 3 is 2.38 bits per heavy atom. The number of carbonyl (C=O) groups is 2. The van der Waals surface area contributed by atoms with Gasteiger partial charge in [-0.1, -0.05) is 40.2 Å². The Morgan fingerprint density at radius 2 is 1.62 bits per heavy atom. The van der Waals surface area contributed by atoms with Crippen molar-refractivity contribution in [3.8, 4) is 22.6 Å². The third-order valence-corrected chi connectivity index (χ3v) is 5.15. The molecule has 10 heteroatoms. The van der Waals surface area contributed by atoms with Crippen molar-refractivity contribution in [3.63, 3.8) is 0 Å². The van der Waals surface area contributed by atoms with E-state index in [0.29, 0.717) is 22.8 Å². The van der Waals surface area contributed by atoms with Gasteiger partial charge < -0.3 is 8.83 Å². The summed E-state index contributed by atoms with van der Waals surface area (Å²) in [6, 6.07) is 19.8. The minimum absolute atomic E-state index is 0.0369. The fourth-order valence-electron chi connectivity index (χ4n) is 2.98. The molecular formula is C24H16BrN3O6. The lowest BCUT2D eigenvalue weighted by Crippen LogP contribution is -2.40. The molecule has 0 aliphatic heterocycles. The van der Waals surface area contributed by atoms with Crippen molar-refractivity contribution >= 4 is 39.5 Å². The monoisotopic (exact) mass is 521 g/mol. The van der Waals surface area contributed by atoms with Gasteiger partial charge in [-0.05, 0) is 42.5 Å². The predicted octanol–water partition coefficient (Wildman–Crippen LogP) is 5.35. The van der Waals surface area contributed by atoms with Gasteiger partial charge in [-0.2, -0.15) is 0 Å². The predicted molar refractivity (Wildman–Crippen MR) is 127 cm³/mol. The summed E-state index contributed by atoms with van der Waals surface area (Å²) in [6.07, 6.45) is 2.58. The lowest BCUT2D eigenvalue weighted by molar-refractivity contribution is -0.384. The molecule has 0 fully saturated rings. The SMILES string of the molecule is O=C(/C=C/c1ccc(-c2cccc([N+](=O)[O-])c2)o1)NNC(=O)c1ccc(-c2ccc(Br)cc2)o1. The van der Waals surface area contributed by atoms with Gasteiger partial charge >= 0.3 is 5.91 Å². The van der Waals surface area contributed by atoms with Crippen LogP contribution in [0, 0.1) is 10.1 Å². The largest absolute Gasteiger partial charge is 0.457 e. The smallest absolute Gasteiger partial charge is 0.305 e. The van der Waals surface area contributed by atoms with Gasteiger partial charge in [-0.25, -0.2) is 0 Å². The van der Waals surface area contributed by atoms with Crippen molar-refractivity contribution in [1.82, 2.24) is 10.9 Å². The maximum Gasteiger partial charge on any atom is 0.305 e. The first-order valence-electron chi connectivity index (χ1n) is 9.88. The van der Waals surface area contributed by atoms with Gasteiger partial charge in [0.1, 0.15) is 17.3 Å². The number of nitro groups is 1. The molecule has 2 N–H and O–H groups in total. The van der Waals surface area contributed by atoms with Crippen LogP contribution in [0.3, 0.4) is 0 Å². The number of hydrogen-bond donors (Lipinski definition) is 2. The Balaban J connectivity index is 1.32. The fourth-order valence-corrected chi connectivity index (χ4v) is 3.24. The van der Waals surface area contributed by atoms with Crippen LogP contribution in [0.2, 0.25) is 0 Å². The van der Waals surface area contributed by atoms with Crippen LogP contribution in [0.5, 0.6) is 0 Å². The Morgan fingerprint density at radius 1 is 0.882 bits per heavy atom. The van der Waals surface area contributed by atoms with Crippen LogP contribution in [0.25, 0.3) is 28.7 Å². The van der Waals surface area contributed by atoms with Crippen molar-refractivity contribution in [2.75, 3.05) is 0 Å². The zero-order valence-corrected chi connectivity index (χ0v) is 18.9. The minimum Gasteiger partial charge on any atom is -0.457 e. The van der Waals surface area contributed by atoms with Crippen LogP contribution in [-0.4, -0.2) is 16.7 Å². The molecule has 34 heavy (non-hydrogen) atoms. The lowest BCUT2D eigenvalue weighted by Gasteiger charge is -2.03. The molecule has 0 unspecified atom stereocenters. The molecule has 0 radical (unpaired) electrons. The van der Waals surface area contributed by atoms with Gasteiger partial charge in [0.2, 0.25) is 0 Å². The van der Waals surface area contributed by atoms with E-state index in [1.807, 2.05) is 24.3 Å². The fraction of sp³-hybridized carbons (Fsp3) is 0. The molecule has 170 valence electrons. The van der Waals surface area contributed by atoms with E-state index < -0.39 is 16.7 Å². The molecule has 0 spiro atoms. The van der Waals surface area contributed by atoms with Crippen LogP contribution in [0.1, 0.15) is 16.3 Å². The lowest BCUT2D eigenvalue weighted by atomic mass is 10.1. The third-order valence-electron chi connectivity index (χ3n) is 4.63. The molecule has 0 aliphatic carbocycles. The van der Waals surface area contributed by atoms with Crippen molar-refractivity contribution in [3.05, 3.63) is 105 Å². The summed E-state index contributed by atoms with van der Waals surface area (Å²) < 4.78 is 12.1. The van der Waals surface area contributed by atoms with E-state index >= 15 is 0 Å².